The number of unbranched alkanes of at least 4 members (excludes halogenated alkanes) is 23. The number of hydrogen-bond donors (Lipinski definition) is 0. The van der Waals surface area contributed by atoms with Crippen LogP contribution < -0.4 is 0 Å². The van der Waals surface area contributed by atoms with Crippen molar-refractivity contribution in [2.75, 3.05) is 13.2 Å². The van der Waals surface area contributed by atoms with Crippen molar-refractivity contribution in [2.45, 2.75) is 297 Å². The van der Waals surface area contributed by atoms with Gasteiger partial charge >= 0.3 is 17.9 Å². The Kier molecular flexibility index (Phi) is 65.4. The van der Waals surface area contributed by atoms with E-state index in [0.717, 1.165) is 161 Å². The van der Waals surface area contributed by atoms with Crippen LogP contribution in [0.1, 0.15) is 290 Å². The lowest BCUT2D eigenvalue weighted by Gasteiger charge is -2.18. The monoisotopic (exact) mass is 1140 g/mol. The van der Waals surface area contributed by atoms with E-state index >= 15 is 0 Å². The molecule has 1 atom stereocenters. The van der Waals surface area contributed by atoms with E-state index in [-0.39, 0.29) is 31.1 Å². The number of ether oxygens (including phenoxy) is 3. The molecule has 0 N–H and O–H groups in total. The molecule has 0 aromatic heterocycles. The summed E-state index contributed by atoms with van der Waals surface area (Å²) >= 11 is 0. The molecule has 0 aliphatic heterocycles. The molecule has 6 nitrogen and oxygen atoms in total. The van der Waals surface area contributed by atoms with Gasteiger partial charge in [-0.3, -0.25) is 14.4 Å². The third-order valence-electron chi connectivity index (χ3n) is 14.0. The van der Waals surface area contributed by atoms with Gasteiger partial charge in [-0.2, -0.15) is 0 Å². The average Bonchev–Trinajstić information content (AvgIpc) is 3.49. The molecule has 83 heavy (non-hydrogen) atoms. The largest absolute Gasteiger partial charge is 0.462 e. The number of carbonyl (C=O) groups excluding carboxylic acids is 3. The smallest absolute Gasteiger partial charge is 0.306 e. The van der Waals surface area contributed by atoms with Gasteiger partial charge < -0.3 is 14.2 Å². The van der Waals surface area contributed by atoms with E-state index in [1.165, 1.54) is 89.9 Å². The highest BCUT2D eigenvalue weighted by Gasteiger charge is 2.19. The molecule has 0 rings (SSSR count). The zero-order chi connectivity index (χ0) is 59.9. The molecule has 0 amide bonds. The fourth-order valence-electron chi connectivity index (χ4n) is 9.04. The summed E-state index contributed by atoms with van der Waals surface area (Å²) in [4.78, 5) is 38.5. The van der Waals surface area contributed by atoms with Crippen LogP contribution in [0.4, 0.5) is 0 Å². The van der Waals surface area contributed by atoms with Gasteiger partial charge in [0, 0.05) is 19.3 Å². The minimum atomic E-state index is -0.802. The maximum atomic E-state index is 13.0. The van der Waals surface area contributed by atoms with Crippen molar-refractivity contribution in [3.63, 3.8) is 0 Å². The SMILES string of the molecule is CC/C=C\C/C=C\C/C=C\C/C=C\C/C=C\CCCCCCCCCC(=O)OCC(COC(=O)CCCCCCCC/C=C\C/C=C\C/C=C\C/C=C\CC)OC(=O)CCCCCCCCCCCC/C=C\C/C=C\C/C=C\C/C=C\CC. The minimum absolute atomic E-state index is 0.0961. The van der Waals surface area contributed by atoms with Crippen molar-refractivity contribution in [3.8, 4) is 0 Å². The van der Waals surface area contributed by atoms with Crippen molar-refractivity contribution in [1.82, 2.24) is 0 Å². The Morgan fingerprint density at radius 1 is 0.241 bits per heavy atom. The lowest BCUT2D eigenvalue weighted by Crippen LogP contribution is -2.30. The van der Waals surface area contributed by atoms with Gasteiger partial charge in [0.2, 0.25) is 0 Å². The van der Waals surface area contributed by atoms with Gasteiger partial charge in [0.1, 0.15) is 13.2 Å². The number of esters is 3. The Bertz CT molecular complexity index is 1840. The molecule has 0 radical (unpaired) electrons. The maximum absolute atomic E-state index is 13.0. The molecule has 0 saturated carbocycles. The zero-order valence-electron chi connectivity index (χ0n) is 53.7. The molecule has 0 aliphatic carbocycles. The molecule has 0 bridgehead atoms. The van der Waals surface area contributed by atoms with Gasteiger partial charge in [-0.15, -0.1) is 0 Å². The Hall–Kier alpha value is -4.97. The first-order valence-corrected chi connectivity index (χ1v) is 34.0. The van der Waals surface area contributed by atoms with Gasteiger partial charge in [-0.1, -0.05) is 288 Å². The van der Waals surface area contributed by atoms with Crippen molar-refractivity contribution in [2.24, 2.45) is 0 Å². The van der Waals surface area contributed by atoms with Crippen LogP contribution in [0.3, 0.4) is 0 Å². The van der Waals surface area contributed by atoms with Crippen LogP contribution >= 0.6 is 0 Å². The average molecular weight is 1150 g/mol. The van der Waals surface area contributed by atoms with Crippen LogP contribution in [-0.2, 0) is 28.6 Å². The van der Waals surface area contributed by atoms with Gasteiger partial charge in [-0.05, 0) is 141 Å². The highest BCUT2D eigenvalue weighted by Crippen LogP contribution is 2.16. The quantitative estimate of drug-likeness (QED) is 0.0261. The molecule has 0 aliphatic rings. The minimum Gasteiger partial charge on any atom is -0.462 e. The van der Waals surface area contributed by atoms with Crippen molar-refractivity contribution >= 4 is 17.9 Å². The Morgan fingerprint density at radius 3 is 0.675 bits per heavy atom. The summed E-state index contributed by atoms with van der Waals surface area (Å²) in [7, 11) is 0. The lowest BCUT2D eigenvalue weighted by molar-refractivity contribution is -0.167. The van der Waals surface area contributed by atoms with Crippen molar-refractivity contribution in [1.29, 1.82) is 0 Å². The van der Waals surface area contributed by atoms with E-state index in [4.69, 9.17) is 14.2 Å². The van der Waals surface area contributed by atoms with E-state index in [1.807, 2.05) is 0 Å². The first-order valence-electron chi connectivity index (χ1n) is 34.0. The van der Waals surface area contributed by atoms with Gasteiger partial charge in [0.05, 0.1) is 0 Å². The highest BCUT2D eigenvalue weighted by molar-refractivity contribution is 5.71. The second-order valence-electron chi connectivity index (χ2n) is 21.9. The molecular formula is C77H124O6. The predicted molar refractivity (Wildman–Crippen MR) is 362 cm³/mol. The van der Waals surface area contributed by atoms with E-state index in [2.05, 4.69) is 179 Å². The second-order valence-corrected chi connectivity index (χ2v) is 21.9. The lowest BCUT2D eigenvalue weighted by atomic mass is 10.0. The van der Waals surface area contributed by atoms with Crippen LogP contribution in [0.5, 0.6) is 0 Å². The fourth-order valence-corrected chi connectivity index (χ4v) is 9.04. The summed E-state index contributed by atoms with van der Waals surface area (Å²) in [5.74, 6) is -0.922. The molecular weight excluding hydrogens is 1020 g/mol. The Balaban J connectivity index is 4.47. The molecule has 0 heterocycles. The predicted octanol–water partition coefficient (Wildman–Crippen LogP) is 23.7. The van der Waals surface area contributed by atoms with Crippen LogP contribution in [-0.4, -0.2) is 37.2 Å². The number of allylic oxidation sites excluding steroid dienone is 26. The molecule has 0 saturated heterocycles. The van der Waals surface area contributed by atoms with E-state index < -0.39 is 6.10 Å². The van der Waals surface area contributed by atoms with Crippen LogP contribution in [0, 0.1) is 0 Å². The molecule has 1 unspecified atom stereocenters. The molecule has 0 aromatic carbocycles. The summed E-state index contributed by atoms with van der Waals surface area (Å²) in [6.07, 6.45) is 101. The number of hydrogen-bond acceptors (Lipinski definition) is 6. The first kappa shape index (κ1) is 78.0. The Labute approximate surface area is 511 Å². The van der Waals surface area contributed by atoms with E-state index in [9.17, 15) is 14.4 Å². The third-order valence-corrected chi connectivity index (χ3v) is 14.0. The summed E-state index contributed by atoms with van der Waals surface area (Å²) in [6.45, 7) is 6.29. The van der Waals surface area contributed by atoms with Crippen LogP contribution in [0.15, 0.2) is 158 Å². The maximum Gasteiger partial charge on any atom is 0.306 e. The summed E-state index contributed by atoms with van der Waals surface area (Å²) in [5, 5.41) is 0. The van der Waals surface area contributed by atoms with Crippen LogP contribution in [0.25, 0.3) is 0 Å². The van der Waals surface area contributed by atoms with Crippen molar-refractivity contribution < 1.29 is 28.6 Å². The third kappa shape index (κ3) is 67.7. The topological polar surface area (TPSA) is 78.9 Å². The standard InChI is InChI=1S/C77H124O6/c1-4-7-10-13-16-19-22-25-28-31-34-36-38-40-43-46-49-52-55-58-61-64-67-70-76(79)82-73-74(72-81-75(78)69-66-63-60-57-54-51-48-45-42-33-30-27-24-21-18-15-12-9-6-3)83-77(80)71-68-65-62-59-56-53-50-47-44-41-39-37-35-32-29-26-23-20-17-14-11-8-5-2/h7-12,16-21,25-30,34-37,40,42-43,45,74H,4-6,13-15,22-24,31-33,38-39,41,44,46-73H2,1-3H3/b10-7-,11-8-,12-9-,19-16-,20-17-,21-18-,28-25-,29-26-,30-27-,36-34-,37-35-,43-40-,45-42-. The highest BCUT2D eigenvalue weighted by atomic mass is 16.6. The fraction of sp³-hybridized carbons (Fsp3) is 0.623. The number of rotatable bonds is 60. The molecule has 468 valence electrons. The zero-order valence-corrected chi connectivity index (χ0v) is 53.7. The summed E-state index contributed by atoms with van der Waals surface area (Å²) in [5.41, 5.74) is 0. The van der Waals surface area contributed by atoms with Gasteiger partial charge in [-0.25, -0.2) is 0 Å². The van der Waals surface area contributed by atoms with Crippen molar-refractivity contribution in [3.05, 3.63) is 158 Å². The molecule has 6 heteroatoms. The van der Waals surface area contributed by atoms with Gasteiger partial charge in [0.15, 0.2) is 6.10 Å². The van der Waals surface area contributed by atoms with E-state index in [0.29, 0.717) is 19.3 Å². The first-order chi connectivity index (χ1) is 41.0. The Morgan fingerprint density at radius 2 is 0.434 bits per heavy atom. The van der Waals surface area contributed by atoms with E-state index in [1.54, 1.807) is 0 Å². The normalized spacial score (nSPS) is 13.1. The van der Waals surface area contributed by atoms with Crippen LogP contribution in [0.2, 0.25) is 0 Å². The second kappa shape index (κ2) is 69.5. The van der Waals surface area contributed by atoms with Gasteiger partial charge in [0.25, 0.3) is 0 Å². The molecule has 0 aromatic rings. The summed E-state index contributed by atoms with van der Waals surface area (Å²) < 4.78 is 17.0. The summed E-state index contributed by atoms with van der Waals surface area (Å²) in [6, 6.07) is 0. The molecule has 0 fully saturated rings. The molecule has 0 spiro atoms. The number of carbonyl (C=O) groups is 3.